The molecule has 0 aliphatic heterocycles. The average Bonchev–Trinajstić information content (AvgIpc) is 2.17. The van der Waals surface area contributed by atoms with E-state index in [2.05, 4.69) is 6.58 Å². The summed E-state index contributed by atoms with van der Waals surface area (Å²) in [5.41, 5.74) is -0.882. The van der Waals surface area contributed by atoms with Crippen LogP contribution in [0.5, 0.6) is 0 Å². The minimum Gasteiger partial charge on any atom is -0.390 e. The highest BCUT2D eigenvalue weighted by molar-refractivity contribution is 4.86. The molecule has 0 bridgehead atoms. The molecule has 0 fully saturated rings. The van der Waals surface area contributed by atoms with Crippen molar-refractivity contribution in [1.29, 1.82) is 0 Å². The van der Waals surface area contributed by atoms with E-state index >= 15 is 0 Å². The fourth-order valence-electron chi connectivity index (χ4n) is 1.82. The maximum absolute atomic E-state index is 10.2. The smallest absolute Gasteiger partial charge is 0.0905 e. The van der Waals surface area contributed by atoms with Crippen molar-refractivity contribution in [2.75, 3.05) is 0 Å². The lowest BCUT2D eigenvalue weighted by molar-refractivity contribution is -0.0879. The molecule has 0 heterocycles. The van der Waals surface area contributed by atoms with E-state index < -0.39 is 11.7 Å². The summed E-state index contributed by atoms with van der Waals surface area (Å²) in [6.45, 7) is 7.58. The van der Waals surface area contributed by atoms with Crippen molar-refractivity contribution < 1.29 is 10.2 Å². The fourth-order valence-corrected chi connectivity index (χ4v) is 1.82. The Bertz CT molecular complexity index is 156. The summed E-state index contributed by atoms with van der Waals surface area (Å²) in [5, 5.41) is 20.0. The predicted molar refractivity (Wildman–Crippen MR) is 60.2 cm³/mol. The van der Waals surface area contributed by atoms with E-state index in [4.69, 9.17) is 0 Å². The van der Waals surface area contributed by atoms with Crippen LogP contribution in [0.4, 0.5) is 0 Å². The van der Waals surface area contributed by atoms with E-state index in [1.807, 2.05) is 19.9 Å². The fraction of sp³-hybridized carbons (Fsp3) is 0.833. The quantitative estimate of drug-likeness (QED) is 0.467. The van der Waals surface area contributed by atoms with Crippen molar-refractivity contribution in [3.63, 3.8) is 0 Å². The molecule has 0 aliphatic rings. The first-order valence-electron chi connectivity index (χ1n) is 5.62. The topological polar surface area (TPSA) is 40.5 Å². The first-order chi connectivity index (χ1) is 6.60. The normalized spacial score (nSPS) is 17.4. The van der Waals surface area contributed by atoms with Crippen molar-refractivity contribution in [3.8, 4) is 0 Å². The Hall–Kier alpha value is -0.340. The van der Waals surface area contributed by atoms with Gasteiger partial charge in [0.2, 0.25) is 0 Å². The summed E-state index contributed by atoms with van der Waals surface area (Å²) in [6, 6.07) is 0. The van der Waals surface area contributed by atoms with Gasteiger partial charge in [-0.25, -0.2) is 0 Å². The van der Waals surface area contributed by atoms with E-state index in [-0.39, 0.29) is 0 Å². The zero-order valence-electron chi connectivity index (χ0n) is 9.50. The molecule has 0 rings (SSSR count). The Kier molecular flexibility index (Phi) is 6.85. The highest BCUT2D eigenvalue weighted by Crippen LogP contribution is 2.26. The predicted octanol–water partition coefficient (Wildman–Crippen LogP) is 2.64. The molecule has 2 unspecified atom stereocenters. The second-order valence-electron chi connectivity index (χ2n) is 3.96. The largest absolute Gasteiger partial charge is 0.390 e. The zero-order chi connectivity index (χ0) is 11.0. The van der Waals surface area contributed by atoms with Gasteiger partial charge in [0.05, 0.1) is 11.7 Å². The molecular weight excluding hydrogens is 176 g/mol. The lowest BCUT2D eigenvalue weighted by atomic mass is 9.85. The number of hydrogen-bond acceptors (Lipinski definition) is 2. The Balaban J connectivity index is 4.15. The Labute approximate surface area is 87.7 Å². The Morgan fingerprint density at radius 2 is 2.00 bits per heavy atom. The van der Waals surface area contributed by atoms with Crippen LogP contribution >= 0.6 is 0 Å². The first kappa shape index (κ1) is 13.7. The van der Waals surface area contributed by atoms with Gasteiger partial charge in [0.15, 0.2) is 0 Å². The lowest BCUT2D eigenvalue weighted by Gasteiger charge is -2.32. The van der Waals surface area contributed by atoms with Gasteiger partial charge in [0, 0.05) is 0 Å². The van der Waals surface area contributed by atoms with Gasteiger partial charge >= 0.3 is 0 Å². The van der Waals surface area contributed by atoms with Gasteiger partial charge in [-0.2, -0.15) is 0 Å². The molecule has 2 heteroatoms. The molecule has 0 saturated carbocycles. The van der Waals surface area contributed by atoms with E-state index in [9.17, 15) is 10.2 Å². The van der Waals surface area contributed by atoms with Crippen LogP contribution in [0.2, 0.25) is 0 Å². The number of aliphatic hydroxyl groups excluding tert-OH is 1. The summed E-state index contributed by atoms with van der Waals surface area (Å²) >= 11 is 0. The standard InChI is InChI=1S/C12H24O2/c1-4-7-8-10-12(14,9-5-2)11(13)6-3/h4,11,13-14H,1,5-10H2,2-3H3. The number of hydrogen-bond donors (Lipinski definition) is 2. The van der Waals surface area contributed by atoms with Gasteiger partial charge in [-0.15, -0.1) is 6.58 Å². The summed E-state index contributed by atoms with van der Waals surface area (Å²) in [7, 11) is 0. The molecule has 0 aromatic heterocycles. The van der Waals surface area contributed by atoms with Crippen LogP contribution in [0.25, 0.3) is 0 Å². The average molecular weight is 200 g/mol. The zero-order valence-corrected chi connectivity index (χ0v) is 9.50. The molecule has 0 radical (unpaired) electrons. The highest BCUT2D eigenvalue weighted by atomic mass is 16.3. The third kappa shape index (κ3) is 4.25. The molecule has 0 saturated heterocycles. The van der Waals surface area contributed by atoms with Gasteiger partial charge < -0.3 is 10.2 Å². The van der Waals surface area contributed by atoms with Crippen LogP contribution < -0.4 is 0 Å². The van der Waals surface area contributed by atoms with E-state index in [0.29, 0.717) is 19.3 Å². The van der Waals surface area contributed by atoms with Crippen LogP contribution in [0.15, 0.2) is 12.7 Å². The summed E-state index contributed by atoms with van der Waals surface area (Å²) in [6.07, 6.45) is 5.93. The minimum absolute atomic E-state index is 0.590. The summed E-state index contributed by atoms with van der Waals surface area (Å²) < 4.78 is 0. The Morgan fingerprint density at radius 3 is 2.43 bits per heavy atom. The molecule has 2 N–H and O–H groups in total. The van der Waals surface area contributed by atoms with Crippen molar-refractivity contribution in [2.24, 2.45) is 0 Å². The monoisotopic (exact) mass is 200 g/mol. The molecule has 0 aromatic carbocycles. The van der Waals surface area contributed by atoms with E-state index in [1.54, 1.807) is 0 Å². The molecule has 84 valence electrons. The van der Waals surface area contributed by atoms with Gasteiger partial charge in [0.25, 0.3) is 0 Å². The minimum atomic E-state index is -0.882. The molecule has 2 nitrogen and oxygen atoms in total. The maximum Gasteiger partial charge on any atom is 0.0905 e. The van der Waals surface area contributed by atoms with E-state index in [0.717, 1.165) is 19.3 Å². The summed E-state index contributed by atoms with van der Waals surface area (Å²) in [4.78, 5) is 0. The second-order valence-corrected chi connectivity index (χ2v) is 3.96. The van der Waals surface area contributed by atoms with E-state index in [1.165, 1.54) is 0 Å². The van der Waals surface area contributed by atoms with Gasteiger partial charge in [0.1, 0.15) is 0 Å². The van der Waals surface area contributed by atoms with Gasteiger partial charge in [-0.1, -0.05) is 26.3 Å². The third-order valence-corrected chi connectivity index (χ3v) is 2.71. The van der Waals surface area contributed by atoms with Crippen molar-refractivity contribution >= 4 is 0 Å². The van der Waals surface area contributed by atoms with Crippen LogP contribution in [0.3, 0.4) is 0 Å². The maximum atomic E-state index is 10.2. The van der Waals surface area contributed by atoms with Crippen molar-refractivity contribution in [3.05, 3.63) is 12.7 Å². The molecule has 14 heavy (non-hydrogen) atoms. The van der Waals surface area contributed by atoms with Crippen LogP contribution in [-0.2, 0) is 0 Å². The van der Waals surface area contributed by atoms with Crippen molar-refractivity contribution in [2.45, 2.75) is 64.1 Å². The molecular formula is C12H24O2. The third-order valence-electron chi connectivity index (χ3n) is 2.71. The van der Waals surface area contributed by atoms with Crippen LogP contribution in [-0.4, -0.2) is 21.9 Å². The lowest BCUT2D eigenvalue weighted by Crippen LogP contribution is -2.41. The number of unbranched alkanes of at least 4 members (excludes halogenated alkanes) is 1. The Morgan fingerprint density at radius 1 is 1.36 bits per heavy atom. The van der Waals surface area contributed by atoms with Crippen LogP contribution in [0.1, 0.15) is 52.4 Å². The molecule has 0 aromatic rings. The number of rotatable bonds is 8. The number of allylic oxidation sites excluding steroid dienone is 1. The van der Waals surface area contributed by atoms with Gasteiger partial charge in [-0.05, 0) is 32.1 Å². The molecule has 0 spiro atoms. The first-order valence-corrected chi connectivity index (χ1v) is 5.62. The molecule has 0 aliphatic carbocycles. The highest BCUT2D eigenvalue weighted by Gasteiger charge is 2.32. The number of aliphatic hydroxyl groups is 2. The molecule has 0 amide bonds. The second kappa shape index (κ2) is 7.02. The SMILES string of the molecule is C=CCCCC(O)(CCC)C(O)CC. The van der Waals surface area contributed by atoms with Gasteiger partial charge in [-0.3, -0.25) is 0 Å². The molecule has 2 atom stereocenters. The van der Waals surface area contributed by atoms with Crippen molar-refractivity contribution in [1.82, 2.24) is 0 Å². The van der Waals surface area contributed by atoms with Crippen LogP contribution in [0, 0.1) is 0 Å². The summed E-state index contributed by atoms with van der Waals surface area (Å²) in [5.74, 6) is 0.